The lowest BCUT2D eigenvalue weighted by Crippen LogP contribution is -2.57. The number of carbonyl (C=O) groups excluding carboxylic acids is 2. The van der Waals surface area contributed by atoms with Crippen molar-refractivity contribution in [3.05, 3.63) is 0 Å². The normalized spacial score (nSPS) is 36.2. The maximum absolute atomic E-state index is 12.0. The van der Waals surface area contributed by atoms with Crippen LogP contribution < -0.4 is 0 Å². The SMILES string of the molecule is CO[C@@H]1[C@H](O)[C@@H](CO)O[C@H]1N1CCC(=O)N(C)C1=O. The van der Waals surface area contributed by atoms with Crippen molar-refractivity contribution < 1.29 is 29.3 Å². The highest BCUT2D eigenvalue weighted by Crippen LogP contribution is 2.28. The number of aliphatic hydroxyl groups excluding tert-OH is 2. The van der Waals surface area contributed by atoms with Gasteiger partial charge in [-0.05, 0) is 0 Å². The predicted molar refractivity (Wildman–Crippen MR) is 62.0 cm³/mol. The van der Waals surface area contributed by atoms with Gasteiger partial charge in [0.2, 0.25) is 5.91 Å². The van der Waals surface area contributed by atoms with E-state index in [0.29, 0.717) is 0 Å². The van der Waals surface area contributed by atoms with E-state index < -0.39 is 30.6 Å². The number of rotatable bonds is 3. The minimum Gasteiger partial charge on any atom is -0.394 e. The molecule has 0 bridgehead atoms. The summed E-state index contributed by atoms with van der Waals surface area (Å²) in [5.74, 6) is -0.257. The average molecular weight is 274 g/mol. The fourth-order valence-corrected chi connectivity index (χ4v) is 2.39. The Hall–Kier alpha value is -1.22. The Labute approximate surface area is 110 Å². The third-order valence-electron chi connectivity index (χ3n) is 3.55. The fraction of sp³-hybridized carbons (Fsp3) is 0.818. The van der Waals surface area contributed by atoms with Gasteiger partial charge in [-0.3, -0.25) is 14.6 Å². The van der Waals surface area contributed by atoms with E-state index in [9.17, 15) is 14.7 Å². The highest BCUT2D eigenvalue weighted by atomic mass is 16.6. The van der Waals surface area contributed by atoms with Crippen molar-refractivity contribution in [1.82, 2.24) is 9.80 Å². The summed E-state index contributed by atoms with van der Waals surface area (Å²) in [6.07, 6.45) is -3.18. The Morgan fingerprint density at radius 1 is 1.47 bits per heavy atom. The van der Waals surface area contributed by atoms with Gasteiger partial charge in [0.1, 0.15) is 18.3 Å². The van der Waals surface area contributed by atoms with Gasteiger partial charge in [0.05, 0.1) is 6.61 Å². The molecule has 0 spiro atoms. The van der Waals surface area contributed by atoms with Gasteiger partial charge in [-0.15, -0.1) is 0 Å². The summed E-state index contributed by atoms with van der Waals surface area (Å²) in [5.41, 5.74) is 0. The zero-order valence-corrected chi connectivity index (χ0v) is 10.9. The molecular formula is C11H18N2O6. The molecule has 2 aliphatic rings. The second-order valence-corrected chi connectivity index (χ2v) is 4.62. The number of ether oxygens (including phenoxy) is 2. The van der Waals surface area contributed by atoms with Crippen LogP contribution in [0.1, 0.15) is 6.42 Å². The largest absolute Gasteiger partial charge is 0.394 e. The molecular weight excluding hydrogens is 256 g/mol. The fourth-order valence-electron chi connectivity index (χ4n) is 2.39. The molecule has 2 fully saturated rings. The molecule has 0 aromatic heterocycles. The van der Waals surface area contributed by atoms with E-state index in [-0.39, 0.29) is 25.5 Å². The smallest absolute Gasteiger partial charge is 0.328 e. The number of urea groups is 1. The number of carbonyl (C=O) groups is 2. The van der Waals surface area contributed by atoms with Crippen LogP contribution >= 0.6 is 0 Å². The topological polar surface area (TPSA) is 99.5 Å². The van der Waals surface area contributed by atoms with E-state index in [2.05, 4.69) is 0 Å². The quantitative estimate of drug-likeness (QED) is 0.640. The lowest BCUT2D eigenvalue weighted by atomic mass is 10.1. The van der Waals surface area contributed by atoms with Crippen LogP contribution in [0, 0.1) is 0 Å². The molecule has 0 radical (unpaired) electrons. The Bertz CT molecular complexity index is 376. The van der Waals surface area contributed by atoms with Gasteiger partial charge in [0, 0.05) is 27.1 Å². The van der Waals surface area contributed by atoms with Crippen molar-refractivity contribution in [2.45, 2.75) is 31.0 Å². The van der Waals surface area contributed by atoms with E-state index in [1.807, 2.05) is 0 Å². The highest BCUT2D eigenvalue weighted by Gasteiger charge is 2.49. The third-order valence-corrected chi connectivity index (χ3v) is 3.55. The summed E-state index contributed by atoms with van der Waals surface area (Å²) in [6, 6.07) is -0.492. The van der Waals surface area contributed by atoms with Crippen LogP contribution in [0.25, 0.3) is 0 Å². The monoisotopic (exact) mass is 274 g/mol. The van der Waals surface area contributed by atoms with Crippen LogP contribution in [-0.2, 0) is 14.3 Å². The van der Waals surface area contributed by atoms with Gasteiger partial charge >= 0.3 is 6.03 Å². The summed E-state index contributed by atoms with van der Waals surface area (Å²) in [5, 5.41) is 19.0. The van der Waals surface area contributed by atoms with Crippen LogP contribution in [0.5, 0.6) is 0 Å². The van der Waals surface area contributed by atoms with Crippen LogP contribution in [0.15, 0.2) is 0 Å². The predicted octanol–water partition coefficient (Wildman–Crippen LogP) is -1.64. The van der Waals surface area contributed by atoms with Crippen molar-refractivity contribution in [2.24, 2.45) is 0 Å². The average Bonchev–Trinajstić information content (AvgIpc) is 2.72. The highest BCUT2D eigenvalue weighted by molar-refractivity contribution is 5.96. The molecule has 0 aromatic carbocycles. The van der Waals surface area contributed by atoms with Crippen molar-refractivity contribution in [3.8, 4) is 0 Å². The molecule has 19 heavy (non-hydrogen) atoms. The van der Waals surface area contributed by atoms with Crippen LogP contribution in [-0.4, -0.2) is 83.8 Å². The summed E-state index contributed by atoms with van der Waals surface area (Å²) < 4.78 is 10.6. The zero-order valence-electron chi connectivity index (χ0n) is 10.9. The number of amides is 3. The molecule has 0 aromatic rings. The molecule has 8 nitrogen and oxygen atoms in total. The Kier molecular flexibility index (Phi) is 4.04. The summed E-state index contributed by atoms with van der Waals surface area (Å²) in [4.78, 5) is 25.8. The Morgan fingerprint density at radius 3 is 2.74 bits per heavy atom. The first kappa shape index (κ1) is 14.2. The van der Waals surface area contributed by atoms with Crippen LogP contribution in [0.2, 0.25) is 0 Å². The molecule has 0 saturated carbocycles. The number of hydrogen-bond acceptors (Lipinski definition) is 6. The van der Waals surface area contributed by atoms with Gasteiger partial charge in [-0.25, -0.2) is 4.79 Å². The van der Waals surface area contributed by atoms with Gasteiger partial charge in [0.25, 0.3) is 0 Å². The van der Waals surface area contributed by atoms with Crippen LogP contribution in [0.3, 0.4) is 0 Å². The van der Waals surface area contributed by atoms with Crippen molar-refractivity contribution in [3.63, 3.8) is 0 Å². The molecule has 8 heteroatoms. The van der Waals surface area contributed by atoms with Gasteiger partial charge in [-0.2, -0.15) is 0 Å². The first-order valence-corrected chi connectivity index (χ1v) is 6.05. The number of aliphatic hydroxyl groups is 2. The maximum Gasteiger partial charge on any atom is 0.328 e. The number of nitrogens with zero attached hydrogens (tertiary/aromatic N) is 2. The van der Waals surface area contributed by atoms with E-state index in [0.717, 1.165) is 4.90 Å². The molecule has 2 aliphatic heterocycles. The second kappa shape index (κ2) is 5.41. The van der Waals surface area contributed by atoms with E-state index in [1.165, 1.54) is 19.1 Å². The Morgan fingerprint density at radius 2 is 2.16 bits per heavy atom. The first-order valence-electron chi connectivity index (χ1n) is 6.05. The molecule has 3 amide bonds. The summed E-state index contributed by atoms with van der Waals surface area (Å²) >= 11 is 0. The van der Waals surface area contributed by atoms with Gasteiger partial charge in [-0.1, -0.05) is 0 Å². The molecule has 2 heterocycles. The maximum atomic E-state index is 12.0. The number of imide groups is 1. The van der Waals surface area contributed by atoms with Crippen LogP contribution in [0.4, 0.5) is 4.79 Å². The lowest BCUT2D eigenvalue weighted by Gasteiger charge is -2.37. The van der Waals surface area contributed by atoms with Crippen molar-refractivity contribution in [2.75, 3.05) is 27.3 Å². The summed E-state index contributed by atoms with van der Waals surface area (Å²) in [6.45, 7) is -0.161. The molecule has 2 N–H and O–H groups in total. The van der Waals surface area contributed by atoms with Gasteiger partial charge in [0.15, 0.2) is 6.23 Å². The lowest BCUT2D eigenvalue weighted by molar-refractivity contribution is -0.136. The minimum absolute atomic E-state index is 0.193. The third kappa shape index (κ3) is 2.32. The molecule has 108 valence electrons. The first-order chi connectivity index (χ1) is 9.01. The number of methoxy groups -OCH3 is 1. The molecule has 0 unspecified atom stereocenters. The molecule has 2 rings (SSSR count). The standard InChI is InChI=1S/C11H18N2O6/c1-12-7(15)3-4-13(11(12)17)10-9(18-2)8(16)6(5-14)19-10/h6,8-10,14,16H,3-5H2,1-2H3/t6-,8-,9-,10-/m1/s1. The van der Waals surface area contributed by atoms with Crippen molar-refractivity contribution in [1.29, 1.82) is 0 Å². The van der Waals surface area contributed by atoms with E-state index >= 15 is 0 Å². The number of hydrogen-bond donors (Lipinski definition) is 2. The van der Waals surface area contributed by atoms with Crippen molar-refractivity contribution >= 4 is 11.9 Å². The Balaban J connectivity index is 2.16. The molecule has 0 aliphatic carbocycles. The molecule has 2 saturated heterocycles. The van der Waals surface area contributed by atoms with Gasteiger partial charge < -0.3 is 19.7 Å². The van der Waals surface area contributed by atoms with E-state index in [4.69, 9.17) is 14.6 Å². The summed E-state index contributed by atoms with van der Waals surface area (Å²) in [7, 11) is 2.79. The second-order valence-electron chi connectivity index (χ2n) is 4.62. The van der Waals surface area contributed by atoms with E-state index in [1.54, 1.807) is 0 Å². The minimum atomic E-state index is -1.02. The zero-order chi connectivity index (χ0) is 14.2. The molecule has 4 atom stereocenters.